The second kappa shape index (κ2) is 7.31. The molecule has 0 amide bonds. The number of aliphatic hydroxyl groups is 1. The van der Waals surface area contributed by atoms with Crippen LogP contribution >= 0.6 is 0 Å². The summed E-state index contributed by atoms with van der Waals surface area (Å²) < 4.78 is 5.35. The number of hydrogen-bond acceptors (Lipinski definition) is 5. The zero-order chi connectivity index (χ0) is 15.3. The van der Waals surface area contributed by atoms with Crippen LogP contribution in [0, 0.1) is 0 Å². The third kappa shape index (κ3) is 4.23. The Morgan fingerprint density at radius 1 is 1.48 bits per heavy atom. The van der Waals surface area contributed by atoms with E-state index in [9.17, 15) is 5.11 Å². The molecule has 2 atom stereocenters. The van der Waals surface area contributed by atoms with Gasteiger partial charge in [-0.15, -0.1) is 0 Å². The van der Waals surface area contributed by atoms with Gasteiger partial charge in [0.05, 0.1) is 11.6 Å². The van der Waals surface area contributed by atoms with E-state index in [1.165, 1.54) is 0 Å². The van der Waals surface area contributed by atoms with Crippen molar-refractivity contribution in [2.45, 2.75) is 43.9 Å². The maximum Gasteiger partial charge on any atom is 0.0818 e. The molecule has 1 aromatic heterocycles. The van der Waals surface area contributed by atoms with Gasteiger partial charge >= 0.3 is 0 Å². The molecule has 2 unspecified atom stereocenters. The number of likely N-dealkylation sites (N-methyl/N-ethyl adjacent to an activating group) is 1. The standard InChI is InChI=1S/C16H27N3O2/c1-3-14(17)15(13-5-4-8-18-11-13)19(2)12-16(20)6-9-21-10-7-16/h4-5,8,11,14-15,20H,3,6-7,9-10,12,17H2,1-2H3. The lowest BCUT2D eigenvalue weighted by molar-refractivity contribution is -0.0827. The minimum Gasteiger partial charge on any atom is -0.388 e. The molecule has 1 aliphatic rings. The highest BCUT2D eigenvalue weighted by Crippen LogP contribution is 2.28. The summed E-state index contributed by atoms with van der Waals surface area (Å²) in [4.78, 5) is 6.37. The lowest BCUT2D eigenvalue weighted by Gasteiger charge is -2.40. The van der Waals surface area contributed by atoms with E-state index < -0.39 is 5.60 Å². The molecule has 2 rings (SSSR count). The minimum atomic E-state index is -0.680. The van der Waals surface area contributed by atoms with Gasteiger partial charge in [0.25, 0.3) is 0 Å². The van der Waals surface area contributed by atoms with E-state index in [0.29, 0.717) is 32.6 Å². The van der Waals surface area contributed by atoms with E-state index in [1.807, 2.05) is 19.3 Å². The molecular weight excluding hydrogens is 266 g/mol. The molecule has 1 fully saturated rings. The third-order valence-corrected chi connectivity index (χ3v) is 4.34. The molecule has 0 saturated carbocycles. The van der Waals surface area contributed by atoms with E-state index in [0.717, 1.165) is 12.0 Å². The SMILES string of the molecule is CCC(N)C(c1cccnc1)N(C)CC1(O)CCOCC1. The van der Waals surface area contributed by atoms with E-state index in [2.05, 4.69) is 22.9 Å². The highest BCUT2D eigenvalue weighted by molar-refractivity contribution is 5.16. The lowest BCUT2D eigenvalue weighted by Crippen LogP contribution is -2.49. The molecule has 21 heavy (non-hydrogen) atoms. The highest BCUT2D eigenvalue weighted by atomic mass is 16.5. The van der Waals surface area contributed by atoms with Gasteiger partial charge in [0.1, 0.15) is 0 Å². The minimum absolute atomic E-state index is 0.0163. The summed E-state index contributed by atoms with van der Waals surface area (Å²) in [6, 6.07) is 4.07. The van der Waals surface area contributed by atoms with Crippen LogP contribution < -0.4 is 5.73 Å². The van der Waals surface area contributed by atoms with Gasteiger partial charge < -0.3 is 15.6 Å². The van der Waals surface area contributed by atoms with Crippen molar-refractivity contribution in [1.29, 1.82) is 0 Å². The van der Waals surface area contributed by atoms with Crippen LogP contribution in [0.3, 0.4) is 0 Å². The zero-order valence-electron chi connectivity index (χ0n) is 13.0. The van der Waals surface area contributed by atoms with Crippen LogP contribution in [0.25, 0.3) is 0 Å². The summed E-state index contributed by atoms with van der Waals surface area (Å²) in [5.74, 6) is 0. The molecule has 1 aliphatic heterocycles. The van der Waals surface area contributed by atoms with Crippen LogP contribution in [0.4, 0.5) is 0 Å². The van der Waals surface area contributed by atoms with Crippen molar-refractivity contribution in [3.05, 3.63) is 30.1 Å². The number of nitrogens with zero attached hydrogens (tertiary/aromatic N) is 2. The molecule has 1 saturated heterocycles. The number of nitrogens with two attached hydrogens (primary N) is 1. The van der Waals surface area contributed by atoms with Crippen LogP contribution in [0.1, 0.15) is 37.8 Å². The Labute approximate surface area is 127 Å². The molecule has 1 aromatic rings. The topological polar surface area (TPSA) is 71.6 Å². The number of aromatic nitrogens is 1. The maximum atomic E-state index is 10.7. The fourth-order valence-electron chi connectivity index (χ4n) is 3.07. The van der Waals surface area contributed by atoms with E-state index in [1.54, 1.807) is 6.20 Å². The van der Waals surface area contributed by atoms with Crippen LogP contribution in [0.15, 0.2) is 24.5 Å². The van der Waals surface area contributed by atoms with Crippen molar-refractivity contribution in [1.82, 2.24) is 9.88 Å². The van der Waals surface area contributed by atoms with Gasteiger partial charge in [0, 0.05) is 51.0 Å². The first-order chi connectivity index (χ1) is 10.1. The number of ether oxygens (including phenoxy) is 1. The predicted octanol–water partition coefficient (Wildman–Crippen LogP) is 1.33. The molecule has 0 spiro atoms. The number of rotatable bonds is 6. The van der Waals surface area contributed by atoms with Gasteiger partial charge in [-0.3, -0.25) is 9.88 Å². The van der Waals surface area contributed by atoms with Crippen molar-refractivity contribution in [3.8, 4) is 0 Å². The Kier molecular flexibility index (Phi) is 5.70. The summed E-state index contributed by atoms with van der Waals surface area (Å²) in [7, 11) is 2.03. The van der Waals surface area contributed by atoms with Gasteiger partial charge in [-0.1, -0.05) is 13.0 Å². The summed E-state index contributed by atoms with van der Waals surface area (Å²) in [6.45, 7) is 3.94. The molecule has 0 aliphatic carbocycles. The molecule has 5 heteroatoms. The Morgan fingerprint density at radius 3 is 2.76 bits per heavy atom. The fourth-order valence-corrected chi connectivity index (χ4v) is 3.07. The van der Waals surface area contributed by atoms with Crippen LogP contribution in [0.5, 0.6) is 0 Å². The summed E-state index contributed by atoms with van der Waals surface area (Å²) in [6.07, 6.45) is 5.87. The second-order valence-electron chi connectivity index (χ2n) is 6.06. The van der Waals surface area contributed by atoms with Crippen molar-refractivity contribution < 1.29 is 9.84 Å². The first kappa shape index (κ1) is 16.4. The van der Waals surface area contributed by atoms with Crippen molar-refractivity contribution in [2.24, 2.45) is 5.73 Å². The quantitative estimate of drug-likeness (QED) is 0.828. The molecule has 0 bridgehead atoms. The zero-order valence-corrected chi connectivity index (χ0v) is 13.0. The average Bonchev–Trinajstić information content (AvgIpc) is 2.48. The Morgan fingerprint density at radius 2 is 2.19 bits per heavy atom. The highest BCUT2D eigenvalue weighted by Gasteiger charge is 2.34. The van der Waals surface area contributed by atoms with Gasteiger partial charge in [-0.25, -0.2) is 0 Å². The molecule has 0 radical (unpaired) electrons. The molecular formula is C16H27N3O2. The normalized spacial score (nSPS) is 21.2. The smallest absolute Gasteiger partial charge is 0.0818 e. The van der Waals surface area contributed by atoms with E-state index >= 15 is 0 Å². The van der Waals surface area contributed by atoms with Crippen molar-refractivity contribution in [2.75, 3.05) is 26.8 Å². The van der Waals surface area contributed by atoms with Gasteiger partial charge in [0.2, 0.25) is 0 Å². The summed E-state index contributed by atoms with van der Waals surface area (Å²) >= 11 is 0. The summed E-state index contributed by atoms with van der Waals surface area (Å²) in [5.41, 5.74) is 6.74. The first-order valence-electron chi connectivity index (χ1n) is 7.71. The van der Waals surface area contributed by atoms with Crippen LogP contribution in [-0.4, -0.2) is 53.4 Å². The monoisotopic (exact) mass is 293 g/mol. The predicted molar refractivity (Wildman–Crippen MR) is 82.9 cm³/mol. The second-order valence-corrected chi connectivity index (χ2v) is 6.06. The van der Waals surface area contributed by atoms with Crippen LogP contribution in [0.2, 0.25) is 0 Å². The van der Waals surface area contributed by atoms with Gasteiger partial charge in [-0.2, -0.15) is 0 Å². The first-order valence-corrected chi connectivity index (χ1v) is 7.71. The van der Waals surface area contributed by atoms with Gasteiger partial charge in [0.15, 0.2) is 0 Å². The average molecular weight is 293 g/mol. The lowest BCUT2D eigenvalue weighted by atomic mass is 9.91. The molecule has 2 heterocycles. The Hall–Kier alpha value is -1.01. The molecule has 3 N–H and O–H groups in total. The number of hydrogen-bond donors (Lipinski definition) is 2. The van der Waals surface area contributed by atoms with Crippen molar-refractivity contribution >= 4 is 0 Å². The Bertz CT molecular complexity index is 421. The fraction of sp³-hybridized carbons (Fsp3) is 0.688. The largest absolute Gasteiger partial charge is 0.388 e. The maximum absolute atomic E-state index is 10.7. The molecule has 5 nitrogen and oxygen atoms in total. The Balaban J connectivity index is 2.13. The van der Waals surface area contributed by atoms with Crippen LogP contribution in [-0.2, 0) is 4.74 Å². The molecule has 118 valence electrons. The van der Waals surface area contributed by atoms with Gasteiger partial charge in [-0.05, 0) is 25.1 Å². The van der Waals surface area contributed by atoms with E-state index in [-0.39, 0.29) is 12.1 Å². The third-order valence-electron chi connectivity index (χ3n) is 4.34. The number of pyridine rings is 1. The van der Waals surface area contributed by atoms with E-state index in [4.69, 9.17) is 10.5 Å². The van der Waals surface area contributed by atoms with Crippen molar-refractivity contribution in [3.63, 3.8) is 0 Å². The summed E-state index contributed by atoms with van der Waals surface area (Å²) in [5, 5.41) is 10.7. The molecule has 0 aromatic carbocycles.